The minimum absolute atomic E-state index is 0.106. The average molecular weight is 415 g/mol. The third-order valence-corrected chi connectivity index (χ3v) is 8.33. The van der Waals surface area contributed by atoms with Gasteiger partial charge in [0, 0.05) is 25.4 Å². The molecule has 0 unspecified atom stereocenters. The molecular formula is C16H22N4O3S3. The van der Waals surface area contributed by atoms with E-state index >= 15 is 0 Å². The van der Waals surface area contributed by atoms with Crippen molar-refractivity contribution in [3.05, 3.63) is 22.5 Å². The standard InChI is InChI=1S/C16H22N4O3S3/c1-11(2)10-13-18-19-16(25-13)17-15(21)12-5-7-20(8-6-12)26(22,23)14-4-3-9-24-14/h3-4,9,11-12H,5-8,10H2,1-2H3,(H,17,19,21). The monoisotopic (exact) mass is 414 g/mol. The predicted octanol–water partition coefficient (Wildman–Crippen LogP) is 2.84. The van der Waals surface area contributed by atoms with Crippen molar-refractivity contribution in [3.63, 3.8) is 0 Å². The number of piperidine rings is 1. The lowest BCUT2D eigenvalue weighted by Crippen LogP contribution is -2.41. The Hall–Kier alpha value is -1.36. The average Bonchev–Trinajstić information content (AvgIpc) is 3.27. The summed E-state index contributed by atoms with van der Waals surface area (Å²) in [4.78, 5) is 12.4. The van der Waals surface area contributed by atoms with Gasteiger partial charge in [-0.3, -0.25) is 4.79 Å². The number of nitrogens with zero attached hydrogens (tertiary/aromatic N) is 3. The Kier molecular flexibility index (Phi) is 6.06. The van der Waals surface area contributed by atoms with E-state index in [-0.39, 0.29) is 11.8 Å². The van der Waals surface area contributed by atoms with Crippen molar-refractivity contribution < 1.29 is 13.2 Å². The highest BCUT2D eigenvalue weighted by atomic mass is 32.2. The summed E-state index contributed by atoms with van der Waals surface area (Å²) in [6.07, 6.45) is 1.86. The summed E-state index contributed by atoms with van der Waals surface area (Å²) < 4.78 is 26.9. The third kappa shape index (κ3) is 4.48. The van der Waals surface area contributed by atoms with E-state index in [0.717, 1.165) is 11.4 Å². The van der Waals surface area contributed by atoms with Gasteiger partial charge in [0.2, 0.25) is 11.0 Å². The molecule has 1 amide bonds. The molecule has 0 aromatic carbocycles. The van der Waals surface area contributed by atoms with Crippen molar-refractivity contribution in [1.82, 2.24) is 14.5 Å². The van der Waals surface area contributed by atoms with E-state index in [4.69, 9.17) is 0 Å². The van der Waals surface area contributed by atoms with Crippen LogP contribution in [0.4, 0.5) is 5.13 Å². The molecule has 0 saturated carbocycles. The second-order valence-electron chi connectivity index (χ2n) is 6.70. The number of thiophene rings is 1. The summed E-state index contributed by atoms with van der Waals surface area (Å²) in [6.45, 7) is 4.93. The van der Waals surface area contributed by atoms with E-state index in [9.17, 15) is 13.2 Å². The van der Waals surface area contributed by atoms with Gasteiger partial charge in [-0.05, 0) is 30.2 Å². The fourth-order valence-electron chi connectivity index (χ4n) is 2.84. The summed E-state index contributed by atoms with van der Waals surface area (Å²) in [5.74, 6) is 0.175. The number of carbonyl (C=O) groups is 1. The second-order valence-corrected chi connectivity index (χ2v) is 10.9. The first-order valence-corrected chi connectivity index (χ1v) is 11.7. The minimum atomic E-state index is -3.44. The van der Waals surface area contributed by atoms with Crippen LogP contribution in [0.25, 0.3) is 0 Å². The zero-order chi connectivity index (χ0) is 18.7. The van der Waals surface area contributed by atoms with Gasteiger partial charge >= 0.3 is 0 Å². The van der Waals surface area contributed by atoms with Crippen molar-refractivity contribution in [1.29, 1.82) is 0 Å². The molecule has 142 valence electrons. The van der Waals surface area contributed by atoms with Gasteiger partial charge in [0.25, 0.3) is 10.0 Å². The molecule has 1 N–H and O–H groups in total. The van der Waals surface area contributed by atoms with Crippen LogP contribution in [0, 0.1) is 11.8 Å². The molecule has 0 bridgehead atoms. The van der Waals surface area contributed by atoms with Gasteiger partial charge in [-0.15, -0.1) is 21.5 Å². The summed E-state index contributed by atoms with van der Waals surface area (Å²) in [5.41, 5.74) is 0. The first kappa shape index (κ1) is 19.4. The molecule has 3 heterocycles. The molecule has 1 aliphatic heterocycles. The smallest absolute Gasteiger partial charge is 0.252 e. The normalized spacial score (nSPS) is 16.9. The maximum absolute atomic E-state index is 12.5. The van der Waals surface area contributed by atoms with Crippen LogP contribution in [-0.2, 0) is 21.2 Å². The van der Waals surface area contributed by atoms with Crippen LogP contribution in [0.15, 0.2) is 21.7 Å². The van der Waals surface area contributed by atoms with E-state index in [0.29, 0.717) is 41.2 Å². The van der Waals surface area contributed by atoms with Crippen LogP contribution in [-0.4, -0.2) is 41.9 Å². The van der Waals surface area contributed by atoms with Gasteiger partial charge in [0.1, 0.15) is 9.22 Å². The molecule has 3 rings (SSSR count). The van der Waals surface area contributed by atoms with E-state index in [1.165, 1.54) is 27.0 Å². The highest BCUT2D eigenvalue weighted by molar-refractivity contribution is 7.91. The van der Waals surface area contributed by atoms with Gasteiger partial charge in [0.05, 0.1) is 0 Å². The van der Waals surface area contributed by atoms with Gasteiger partial charge in [-0.25, -0.2) is 8.42 Å². The van der Waals surface area contributed by atoms with Crippen molar-refractivity contribution in [3.8, 4) is 0 Å². The van der Waals surface area contributed by atoms with Crippen LogP contribution >= 0.6 is 22.7 Å². The summed E-state index contributed by atoms with van der Waals surface area (Å²) in [5, 5.41) is 14.1. The highest BCUT2D eigenvalue weighted by Crippen LogP contribution is 2.27. The molecule has 10 heteroatoms. The second kappa shape index (κ2) is 8.12. The van der Waals surface area contributed by atoms with Crippen molar-refractivity contribution >= 4 is 43.7 Å². The predicted molar refractivity (Wildman–Crippen MR) is 103 cm³/mol. The first-order chi connectivity index (χ1) is 12.4. The number of amides is 1. The zero-order valence-corrected chi connectivity index (χ0v) is 17.2. The Morgan fingerprint density at radius 1 is 1.35 bits per heavy atom. The van der Waals surface area contributed by atoms with Crippen molar-refractivity contribution in [2.24, 2.45) is 11.8 Å². The van der Waals surface area contributed by atoms with E-state index in [2.05, 4.69) is 29.4 Å². The van der Waals surface area contributed by atoms with E-state index < -0.39 is 10.0 Å². The van der Waals surface area contributed by atoms with E-state index in [1.807, 2.05) is 0 Å². The molecule has 2 aromatic rings. The van der Waals surface area contributed by atoms with Gasteiger partial charge in [0.15, 0.2) is 0 Å². The molecule has 0 atom stereocenters. The van der Waals surface area contributed by atoms with Gasteiger partial charge in [-0.1, -0.05) is 31.3 Å². The zero-order valence-electron chi connectivity index (χ0n) is 14.7. The molecular weight excluding hydrogens is 392 g/mol. The molecule has 1 saturated heterocycles. The van der Waals surface area contributed by atoms with Crippen LogP contribution in [0.5, 0.6) is 0 Å². The number of aromatic nitrogens is 2. The molecule has 2 aromatic heterocycles. The lowest BCUT2D eigenvalue weighted by molar-refractivity contribution is -0.120. The number of carbonyl (C=O) groups excluding carboxylic acids is 1. The molecule has 1 aliphatic rings. The fourth-order valence-corrected chi connectivity index (χ4v) is 6.41. The van der Waals surface area contributed by atoms with E-state index in [1.54, 1.807) is 17.5 Å². The first-order valence-electron chi connectivity index (χ1n) is 8.53. The summed E-state index contributed by atoms with van der Waals surface area (Å²) in [7, 11) is -3.44. The Morgan fingerprint density at radius 3 is 2.69 bits per heavy atom. The maximum atomic E-state index is 12.5. The number of hydrogen-bond acceptors (Lipinski definition) is 7. The van der Waals surface area contributed by atoms with Crippen molar-refractivity contribution in [2.45, 2.75) is 37.3 Å². The molecule has 26 heavy (non-hydrogen) atoms. The van der Waals surface area contributed by atoms with Crippen LogP contribution < -0.4 is 5.32 Å². The molecule has 0 aliphatic carbocycles. The Labute approximate surface area is 161 Å². The quantitative estimate of drug-likeness (QED) is 0.785. The minimum Gasteiger partial charge on any atom is -0.300 e. The highest BCUT2D eigenvalue weighted by Gasteiger charge is 2.32. The fraction of sp³-hybridized carbons (Fsp3) is 0.562. The number of sulfonamides is 1. The number of hydrogen-bond donors (Lipinski definition) is 1. The summed E-state index contributed by atoms with van der Waals surface area (Å²) in [6, 6.07) is 3.34. The summed E-state index contributed by atoms with van der Waals surface area (Å²) >= 11 is 2.61. The lowest BCUT2D eigenvalue weighted by atomic mass is 9.97. The number of nitrogens with one attached hydrogen (secondary N) is 1. The molecule has 0 spiro atoms. The van der Waals surface area contributed by atoms with Crippen molar-refractivity contribution in [2.75, 3.05) is 18.4 Å². The molecule has 0 radical (unpaired) electrons. The van der Waals surface area contributed by atoms with Crippen LogP contribution in [0.1, 0.15) is 31.7 Å². The Bertz CT molecular complexity index is 838. The largest absolute Gasteiger partial charge is 0.300 e. The lowest BCUT2D eigenvalue weighted by Gasteiger charge is -2.29. The van der Waals surface area contributed by atoms with Gasteiger partial charge < -0.3 is 5.32 Å². The Balaban J connectivity index is 1.54. The topological polar surface area (TPSA) is 92.3 Å². The van der Waals surface area contributed by atoms with Gasteiger partial charge in [-0.2, -0.15) is 4.31 Å². The molecule has 1 fully saturated rings. The van der Waals surface area contributed by atoms with Crippen LogP contribution in [0.2, 0.25) is 0 Å². The molecule has 7 nitrogen and oxygen atoms in total. The van der Waals surface area contributed by atoms with Crippen LogP contribution in [0.3, 0.4) is 0 Å². The third-order valence-electron chi connectivity index (χ3n) is 4.19. The maximum Gasteiger partial charge on any atom is 0.252 e. The number of rotatable bonds is 6. The Morgan fingerprint density at radius 2 is 2.08 bits per heavy atom. The number of anilines is 1. The SMILES string of the molecule is CC(C)Cc1nnc(NC(=O)C2CCN(S(=O)(=O)c3cccs3)CC2)s1.